The van der Waals surface area contributed by atoms with Gasteiger partial charge in [0, 0.05) is 36.8 Å². The Kier molecular flexibility index (Phi) is 5.00. The molecule has 1 aliphatic rings. The summed E-state index contributed by atoms with van der Waals surface area (Å²) in [6.07, 6.45) is 0. The molecule has 1 atom stereocenters. The van der Waals surface area contributed by atoms with Crippen LogP contribution in [0.4, 0.5) is 0 Å². The fraction of sp³-hybridized carbons (Fsp3) is 0.471. The second-order valence-corrected chi connectivity index (χ2v) is 5.63. The number of nitrogens with zero attached hydrogens (tertiary/aromatic N) is 2. The predicted octanol–water partition coefficient (Wildman–Crippen LogP) is 1.11. The van der Waals surface area contributed by atoms with E-state index in [-0.39, 0.29) is 12.5 Å². The average Bonchev–Trinajstić information content (AvgIpc) is 2.46. The Morgan fingerprint density at radius 1 is 1.38 bits per heavy atom. The summed E-state index contributed by atoms with van der Waals surface area (Å²) in [5, 5.41) is 8.78. The lowest BCUT2D eigenvalue weighted by Crippen LogP contribution is -2.52. The van der Waals surface area contributed by atoms with Crippen LogP contribution in [0.15, 0.2) is 18.2 Å². The van der Waals surface area contributed by atoms with Crippen molar-refractivity contribution in [3.05, 3.63) is 34.9 Å². The number of likely N-dealkylation sites (N-methyl/N-ethyl adjacent to an activating group) is 1. The maximum atomic E-state index is 12.6. The number of hydrogen-bond acceptors (Lipinski definition) is 3. The lowest BCUT2D eigenvalue weighted by molar-refractivity contribution is 0.0572. The molecule has 1 N–H and O–H groups in total. The van der Waals surface area contributed by atoms with Crippen LogP contribution in [-0.4, -0.2) is 60.1 Å². The van der Waals surface area contributed by atoms with E-state index in [2.05, 4.69) is 30.7 Å². The fourth-order valence-electron chi connectivity index (χ4n) is 2.54. The molecule has 0 aromatic heterocycles. The number of aryl methyl sites for hydroxylation is 1. The van der Waals surface area contributed by atoms with Crippen LogP contribution in [0.25, 0.3) is 0 Å². The highest BCUT2D eigenvalue weighted by molar-refractivity contribution is 5.95. The van der Waals surface area contributed by atoms with Gasteiger partial charge in [-0.2, -0.15) is 0 Å². The SMILES string of the molecule is Cc1cc(C#CCO)cc(C(=O)N2CCN(C)C(C)C2)c1. The molecule has 1 amide bonds. The minimum Gasteiger partial charge on any atom is -0.384 e. The summed E-state index contributed by atoms with van der Waals surface area (Å²) in [5.41, 5.74) is 2.45. The maximum absolute atomic E-state index is 12.6. The molecule has 1 heterocycles. The molecule has 1 saturated heterocycles. The smallest absolute Gasteiger partial charge is 0.254 e. The second-order valence-electron chi connectivity index (χ2n) is 5.63. The number of carbonyl (C=O) groups excluding carboxylic acids is 1. The molecule has 4 nitrogen and oxygen atoms in total. The Labute approximate surface area is 126 Å². The van der Waals surface area contributed by atoms with Crippen molar-refractivity contribution in [1.29, 1.82) is 0 Å². The number of aliphatic hydroxyl groups excluding tert-OH is 1. The van der Waals surface area contributed by atoms with Gasteiger partial charge in [-0.3, -0.25) is 4.79 Å². The normalized spacial score (nSPS) is 19.0. The Morgan fingerprint density at radius 3 is 2.81 bits per heavy atom. The number of rotatable bonds is 1. The van der Waals surface area contributed by atoms with Crippen LogP contribution in [0.5, 0.6) is 0 Å². The van der Waals surface area contributed by atoms with Gasteiger partial charge in [0.2, 0.25) is 0 Å². The first kappa shape index (κ1) is 15.6. The minimum absolute atomic E-state index is 0.0608. The van der Waals surface area contributed by atoms with Crippen LogP contribution in [0.1, 0.15) is 28.4 Å². The highest BCUT2D eigenvalue weighted by Gasteiger charge is 2.25. The van der Waals surface area contributed by atoms with Crippen LogP contribution in [-0.2, 0) is 0 Å². The van der Waals surface area contributed by atoms with Crippen molar-refractivity contribution < 1.29 is 9.90 Å². The predicted molar refractivity (Wildman–Crippen MR) is 83.1 cm³/mol. The van der Waals surface area contributed by atoms with Crippen LogP contribution < -0.4 is 0 Å². The van der Waals surface area contributed by atoms with E-state index in [1.54, 1.807) is 6.07 Å². The number of hydrogen-bond donors (Lipinski definition) is 1. The minimum atomic E-state index is -0.173. The number of benzene rings is 1. The van der Waals surface area contributed by atoms with Gasteiger partial charge in [0.15, 0.2) is 0 Å². The third-order valence-corrected chi connectivity index (χ3v) is 3.88. The van der Waals surface area contributed by atoms with E-state index in [0.717, 1.165) is 30.8 Å². The molecule has 1 fully saturated rings. The molecule has 2 rings (SSSR count). The van der Waals surface area contributed by atoms with Crippen LogP contribution >= 0.6 is 0 Å². The first-order valence-electron chi connectivity index (χ1n) is 7.22. The summed E-state index contributed by atoms with van der Waals surface area (Å²) in [5.74, 6) is 5.56. The van der Waals surface area contributed by atoms with Crippen molar-refractivity contribution in [1.82, 2.24) is 9.80 Å². The Morgan fingerprint density at radius 2 is 2.14 bits per heavy atom. The molecular formula is C17H22N2O2. The van der Waals surface area contributed by atoms with E-state index in [0.29, 0.717) is 11.6 Å². The third-order valence-electron chi connectivity index (χ3n) is 3.88. The zero-order chi connectivity index (χ0) is 15.4. The van der Waals surface area contributed by atoms with Crippen LogP contribution in [0.3, 0.4) is 0 Å². The fourth-order valence-corrected chi connectivity index (χ4v) is 2.54. The van der Waals surface area contributed by atoms with E-state index < -0.39 is 0 Å². The molecule has 0 saturated carbocycles. The van der Waals surface area contributed by atoms with Gasteiger partial charge in [-0.1, -0.05) is 11.8 Å². The van der Waals surface area contributed by atoms with Gasteiger partial charge in [0.05, 0.1) is 0 Å². The van der Waals surface area contributed by atoms with Crippen molar-refractivity contribution in [3.63, 3.8) is 0 Å². The molecule has 0 spiro atoms. The Balaban J connectivity index is 2.21. The van der Waals surface area contributed by atoms with Gasteiger partial charge in [0.1, 0.15) is 6.61 Å². The van der Waals surface area contributed by atoms with E-state index in [4.69, 9.17) is 5.11 Å². The number of carbonyl (C=O) groups is 1. The summed E-state index contributed by atoms with van der Waals surface area (Å²) < 4.78 is 0. The maximum Gasteiger partial charge on any atom is 0.254 e. The van der Waals surface area contributed by atoms with Gasteiger partial charge in [-0.25, -0.2) is 0 Å². The number of amides is 1. The molecule has 0 bridgehead atoms. The topological polar surface area (TPSA) is 43.8 Å². The molecule has 0 aliphatic carbocycles. The van der Waals surface area contributed by atoms with Crippen molar-refractivity contribution >= 4 is 5.91 Å². The van der Waals surface area contributed by atoms with Crippen LogP contribution in [0, 0.1) is 18.8 Å². The van der Waals surface area contributed by atoms with Gasteiger partial charge >= 0.3 is 0 Å². The molecule has 1 unspecified atom stereocenters. The van der Waals surface area contributed by atoms with E-state index in [9.17, 15) is 4.79 Å². The summed E-state index contributed by atoms with van der Waals surface area (Å²) in [6.45, 7) is 6.32. The molecular weight excluding hydrogens is 264 g/mol. The summed E-state index contributed by atoms with van der Waals surface area (Å²) in [4.78, 5) is 16.8. The lowest BCUT2D eigenvalue weighted by atomic mass is 10.0. The first-order chi connectivity index (χ1) is 10.0. The monoisotopic (exact) mass is 286 g/mol. The summed E-state index contributed by atoms with van der Waals surface area (Å²) in [6, 6.07) is 6.00. The van der Waals surface area contributed by atoms with Crippen LogP contribution in [0.2, 0.25) is 0 Å². The summed E-state index contributed by atoms with van der Waals surface area (Å²) in [7, 11) is 2.09. The zero-order valence-corrected chi connectivity index (χ0v) is 12.9. The average molecular weight is 286 g/mol. The number of aliphatic hydroxyl groups is 1. The van der Waals surface area contributed by atoms with E-state index >= 15 is 0 Å². The Hall–Kier alpha value is -1.83. The molecule has 1 aliphatic heterocycles. The molecule has 4 heteroatoms. The standard InChI is InChI=1S/C17H22N2O2/c1-13-9-15(5-4-8-20)11-16(10-13)17(21)19-7-6-18(3)14(2)12-19/h9-11,14,20H,6-8,12H2,1-3H3. The highest BCUT2D eigenvalue weighted by Crippen LogP contribution is 2.15. The van der Waals surface area contributed by atoms with Crippen molar-refractivity contribution in [3.8, 4) is 11.8 Å². The molecule has 21 heavy (non-hydrogen) atoms. The van der Waals surface area contributed by atoms with Gasteiger partial charge in [-0.15, -0.1) is 0 Å². The van der Waals surface area contributed by atoms with Crippen molar-refractivity contribution in [2.75, 3.05) is 33.3 Å². The quantitative estimate of drug-likeness (QED) is 0.787. The molecule has 1 aromatic carbocycles. The molecule has 0 radical (unpaired) electrons. The molecule has 1 aromatic rings. The van der Waals surface area contributed by atoms with E-state index in [1.165, 1.54) is 0 Å². The van der Waals surface area contributed by atoms with Crippen molar-refractivity contribution in [2.45, 2.75) is 19.9 Å². The number of piperazine rings is 1. The largest absolute Gasteiger partial charge is 0.384 e. The molecule has 112 valence electrons. The van der Waals surface area contributed by atoms with Gasteiger partial charge < -0.3 is 14.9 Å². The second kappa shape index (κ2) is 6.75. The van der Waals surface area contributed by atoms with Crippen molar-refractivity contribution in [2.24, 2.45) is 0 Å². The highest BCUT2D eigenvalue weighted by atomic mass is 16.2. The van der Waals surface area contributed by atoms with Gasteiger partial charge in [-0.05, 0) is 44.7 Å². The Bertz CT molecular complexity index is 586. The zero-order valence-electron chi connectivity index (χ0n) is 12.9. The van der Waals surface area contributed by atoms with E-state index in [1.807, 2.05) is 24.0 Å². The lowest BCUT2D eigenvalue weighted by Gasteiger charge is -2.37. The first-order valence-corrected chi connectivity index (χ1v) is 7.22. The third kappa shape index (κ3) is 3.84. The van der Waals surface area contributed by atoms with Gasteiger partial charge in [0.25, 0.3) is 5.91 Å². The summed E-state index contributed by atoms with van der Waals surface area (Å²) >= 11 is 0.